The molecule has 2 heterocycles. The minimum Gasteiger partial charge on any atom is -0.495 e. The Morgan fingerprint density at radius 1 is 1.26 bits per heavy atom. The number of rotatable bonds is 10. The second-order valence-corrected chi connectivity index (χ2v) is 9.69. The predicted molar refractivity (Wildman–Crippen MR) is 149 cm³/mol. The van der Waals surface area contributed by atoms with Gasteiger partial charge in [0.1, 0.15) is 11.6 Å². The van der Waals surface area contributed by atoms with E-state index in [1.54, 1.807) is 26.4 Å². The molecule has 202 valence electrons. The molecule has 38 heavy (non-hydrogen) atoms. The number of carbonyl (C=O) groups is 1. The number of carbonyl (C=O) groups excluding carboxylic acids is 1. The minimum absolute atomic E-state index is 0.257. The number of morpholine rings is 1. The van der Waals surface area contributed by atoms with Crippen LogP contribution in [0.2, 0.25) is 0 Å². The molecule has 1 aromatic heterocycles. The summed E-state index contributed by atoms with van der Waals surface area (Å²) in [4.78, 5) is 19.7. The van der Waals surface area contributed by atoms with E-state index in [0.717, 1.165) is 35.7 Å². The Morgan fingerprint density at radius 3 is 2.71 bits per heavy atom. The summed E-state index contributed by atoms with van der Waals surface area (Å²) in [6.45, 7) is 6.43. The first-order chi connectivity index (χ1) is 18.4. The molecule has 1 aliphatic rings. The molecule has 4 rings (SSSR count). The molecule has 1 saturated heterocycles. The average molecular weight is 541 g/mol. The van der Waals surface area contributed by atoms with Crippen molar-refractivity contribution < 1.29 is 18.7 Å². The van der Waals surface area contributed by atoms with Crippen molar-refractivity contribution in [2.45, 2.75) is 32.7 Å². The highest BCUT2D eigenvalue weighted by Crippen LogP contribution is 2.27. The highest BCUT2D eigenvalue weighted by molar-refractivity contribution is 6.17. The molecule has 0 bridgehead atoms. The number of aryl methyl sites for hydroxylation is 1. The van der Waals surface area contributed by atoms with E-state index in [-0.39, 0.29) is 11.7 Å². The summed E-state index contributed by atoms with van der Waals surface area (Å²) in [6.07, 6.45) is 6.61. The lowest BCUT2D eigenvalue weighted by Gasteiger charge is -2.29. The zero-order valence-electron chi connectivity index (χ0n) is 22.0. The molecule has 1 N–H and O–H groups in total. The normalized spacial score (nSPS) is 14.9. The number of nitrogens with zero attached hydrogens (tertiary/aromatic N) is 3. The third-order valence-electron chi connectivity index (χ3n) is 6.58. The first kappa shape index (κ1) is 27.7. The zero-order chi connectivity index (χ0) is 27.1. The molecule has 1 aliphatic heterocycles. The number of anilines is 1. The van der Waals surface area contributed by atoms with E-state index < -0.39 is 6.04 Å². The Kier molecular flexibility index (Phi) is 9.42. The molecule has 1 unspecified atom stereocenters. The van der Waals surface area contributed by atoms with Crippen molar-refractivity contribution >= 4 is 29.3 Å². The summed E-state index contributed by atoms with van der Waals surface area (Å²) in [7, 11) is 1.61. The van der Waals surface area contributed by atoms with E-state index in [1.807, 2.05) is 48.0 Å². The number of hydrogen-bond acceptors (Lipinski definition) is 5. The van der Waals surface area contributed by atoms with Crippen molar-refractivity contribution in [3.63, 3.8) is 0 Å². The van der Waals surface area contributed by atoms with Crippen LogP contribution in [0.5, 0.6) is 5.75 Å². The molecule has 1 amide bonds. The number of nitrogens with one attached hydrogen (secondary N) is 1. The fourth-order valence-corrected chi connectivity index (χ4v) is 4.65. The maximum atomic E-state index is 15.1. The van der Waals surface area contributed by atoms with Crippen LogP contribution in [-0.2, 0) is 9.53 Å². The highest BCUT2D eigenvalue weighted by Gasteiger charge is 2.19. The van der Waals surface area contributed by atoms with E-state index in [2.05, 4.69) is 15.2 Å². The molecular formula is C29H34ClFN4O3. The molecule has 0 aliphatic carbocycles. The van der Waals surface area contributed by atoms with Crippen molar-refractivity contribution in [2.24, 2.45) is 0 Å². The van der Waals surface area contributed by atoms with Gasteiger partial charge in [-0.2, -0.15) is 0 Å². The smallest absolute Gasteiger partial charge is 0.247 e. The third kappa shape index (κ3) is 6.74. The summed E-state index contributed by atoms with van der Waals surface area (Å²) in [5.41, 5.74) is 4.39. The molecule has 2 aromatic carbocycles. The second kappa shape index (κ2) is 12.9. The number of amides is 1. The lowest BCUT2D eigenvalue weighted by molar-refractivity contribution is -0.118. The lowest BCUT2D eigenvalue weighted by Crippen LogP contribution is -2.36. The number of methoxy groups -OCH3 is 1. The number of benzene rings is 2. The lowest BCUT2D eigenvalue weighted by atomic mass is 10.0. The zero-order valence-corrected chi connectivity index (χ0v) is 22.8. The number of halogens is 2. The van der Waals surface area contributed by atoms with E-state index >= 15 is 4.39 Å². The molecule has 0 spiro atoms. The fraction of sp³-hybridized carbons (Fsp3) is 0.379. The number of ether oxygens (including phenoxy) is 2. The van der Waals surface area contributed by atoms with Crippen LogP contribution in [0, 0.1) is 12.7 Å². The van der Waals surface area contributed by atoms with Gasteiger partial charge in [0, 0.05) is 42.0 Å². The standard InChI is InChI=1S/C29H34ClFN4O3/c1-20-18-35(19-32-20)27-9-6-22(16-28(27)37-3)15-23(5-4-10-30)29(36)33-21(2)25-8-7-24(17-26(25)31)34-11-13-38-14-12-34/h6-9,15-19,21H,4-5,10-14H2,1-3H3,(H,33,36)/b23-15+. The van der Waals surface area contributed by atoms with Crippen LogP contribution >= 0.6 is 11.6 Å². The van der Waals surface area contributed by atoms with Gasteiger partial charge in [-0.25, -0.2) is 9.37 Å². The first-order valence-corrected chi connectivity index (χ1v) is 13.3. The molecule has 0 radical (unpaired) electrons. The van der Waals surface area contributed by atoms with E-state index in [0.29, 0.717) is 48.8 Å². The van der Waals surface area contributed by atoms with Crippen LogP contribution in [0.15, 0.2) is 54.5 Å². The van der Waals surface area contributed by atoms with Gasteiger partial charge in [-0.3, -0.25) is 4.79 Å². The Balaban J connectivity index is 1.52. The van der Waals surface area contributed by atoms with Crippen LogP contribution < -0.4 is 15.0 Å². The summed E-state index contributed by atoms with van der Waals surface area (Å²) in [6, 6.07) is 10.4. The predicted octanol–water partition coefficient (Wildman–Crippen LogP) is 5.44. The van der Waals surface area contributed by atoms with Crippen LogP contribution in [-0.4, -0.2) is 54.8 Å². The molecule has 1 atom stereocenters. The van der Waals surface area contributed by atoms with Crippen molar-refractivity contribution in [3.8, 4) is 11.4 Å². The third-order valence-corrected chi connectivity index (χ3v) is 6.85. The van der Waals surface area contributed by atoms with Crippen molar-refractivity contribution in [1.82, 2.24) is 14.9 Å². The summed E-state index contributed by atoms with van der Waals surface area (Å²) < 4.78 is 27.9. The van der Waals surface area contributed by atoms with E-state index in [4.69, 9.17) is 21.1 Å². The number of alkyl halides is 1. The summed E-state index contributed by atoms with van der Waals surface area (Å²) >= 11 is 5.94. The van der Waals surface area contributed by atoms with Gasteiger partial charge >= 0.3 is 0 Å². The van der Waals surface area contributed by atoms with Crippen molar-refractivity contribution in [2.75, 3.05) is 44.2 Å². The van der Waals surface area contributed by atoms with Gasteiger partial charge in [0.15, 0.2) is 0 Å². The van der Waals surface area contributed by atoms with Crippen LogP contribution in [0.4, 0.5) is 10.1 Å². The molecule has 3 aromatic rings. The van der Waals surface area contributed by atoms with Crippen molar-refractivity contribution in [1.29, 1.82) is 0 Å². The van der Waals surface area contributed by atoms with Crippen LogP contribution in [0.1, 0.15) is 42.6 Å². The number of aromatic nitrogens is 2. The maximum Gasteiger partial charge on any atom is 0.247 e. The SMILES string of the molecule is COc1cc(/C=C(\CCCCl)C(=O)NC(C)c2ccc(N3CCOCC3)cc2F)ccc1-n1cnc(C)c1. The van der Waals surface area contributed by atoms with Gasteiger partial charge in [0.25, 0.3) is 0 Å². The average Bonchev–Trinajstić information content (AvgIpc) is 3.36. The summed E-state index contributed by atoms with van der Waals surface area (Å²) in [5.74, 6) is 0.486. The van der Waals surface area contributed by atoms with Crippen LogP contribution in [0.3, 0.4) is 0 Å². The van der Waals surface area contributed by atoms with Gasteiger partial charge in [0.05, 0.1) is 44.1 Å². The Labute approximate surface area is 228 Å². The Bertz CT molecular complexity index is 1290. The molecular weight excluding hydrogens is 507 g/mol. The number of hydrogen-bond donors (Lipinski definition) is 1. The molecule has 9 heteroatoms. The minimum atomic E-state index is -0.512. The fourth-order valence-electron chi connectivity index (χ4n) is 4.51. The summed E-state index contributed by atoms with van der Waals surface area (Å²) in [5, 5.41) is 2.97. The molecule has 1 fully saturated rings. The van der Waals surface area contributed by atoms with E-state index in [1.165, 1.54) is 6.07 Å². The highest BCUT2D eigenvalue weighted by atomic mass is 35.5. The second-order valence-electron chi connectivity index (χ2n) is 9.32. The maximum absolute atomic E-state index is 15.1. The van der Waals surface area contributed by atoms with Crippen molar-refractivity contribution in [3.05, 3.63) is 77.1 Å². The molecule has 0 saturated carbocycles. The molecule has 7 nitrogen and oxygen atoms in total. The Morgan fingerprint density at radius 2 is 2.05 bits per heavy atom. The number of imidazole rings is 1. The monoisotopic (exact) mass is 540 g/mol. The topological polar surface area (TPSA) is 68.6 Å². The van der Waals surface area contributed by atoms with Gasteiger partial charge < -0.3 is 24.3 Å². The van der Waals surface area contributed by atoms with E-state index in [9.17, 15) is 4.79 Å². The van der Waals surface area contributed by atoms with Crippen LogP contribution in [0.25, 0.3) is 11.8 Å². The van der Waals surface area contributed by atoms with Gasteiger partial charge in [-0.15, -0.1) is 11.6 Å². The Hall–Kier alpha value is -3.36. The van der Waals surface area contributed by atoms with Gasteiger partial charge in [-0.1, -0.05) is 12.1 Å². The quantitative estimate of drug-likeness (QED) is 0.274. The largest absolute Gasteiger partial charge is 0.495 e. The first-order valence-electron chi connectivity index (χ1n) is 12.8. The van der Waals surface area contributed by atoms with Gasteiger partial charge in [0.2, 0.25) is 5.91 Å². The van der Waals surface area contributed by atoms with Gasteiger partial charge in [-0.05, 0) is 62.6 Å².